The molecule has 2 amide bonds. The predicted molar refractivity (Wildman–Crippen MR) is 99.9 cm³/mol. The van der Waals surface area contributed by atoms with Crippen molar-refractivity contribution in [3.63, 3.8) is 0 Å². The number of carbonyl (C=O) groups is 3. The number of fused-ring (bicyclic) bond motifs is 1. The van der Waals surface area contributed by atoms with Crippen LogP contribution in [-0.4, -0.2) is 56.5 Å². The third-order valence-electron chi connectivity index (χ3n) is 5.43. The van der Waals surface area contributed by atoms with Crippen LogP contribution in [0.25, 0.3) is 0 Å². The molecule has 4 unspecified atom stereocenters. The van der Waals surface area contributed by atoms with E-state index in [2.05, 4.69) is 5.32 Å². The van der Waals surface area contributed by atoms with Crippen molar-refractivity contribution in [3.8, 4) is 0 Å². The lowest BCUT2D eigenvalue weighted by Gasteiger charge is -2.29. The highest BCUT2D eigenvalue weighted by Gasteiger charge is 2.68. The summed E-state index contributed by atoms with van der Waals surface area (Å²) in [6.07, 6.45) is 3.22. The number of carboxylic acid groups (broad SMARTS) is 1. The van der Waals surface area contributed by atoms with Gasteiger partial charge in [-0.1, -0.05) is 29.8 Å². The minimum Gasteiger partial charge on any atom is -0.480 e. The molecule has 1 aromatic carbocycles. The number of aliphatic carboxylic acids is 1. The van der Waals surface area contributed by atoms with E-state index in [-0.39, 0.29) is 17.1 Å². The summed E-state index contributed by atoms with van der Waals surface area (Å²) in [7, 11) is 0. The fourth-order valence-electron chi connectivity index (χ4n) is 4.01. The molecule has 2 aliphatic heterocycles. The molecule has 2 aliphatic rings. The molecule has 2 saturated heterocycles. The summed E-state index contributed by atoms with van der Waals surface area (Å²) in [4.78, 5) is 49.4. The molecule has 0 radical (unpaired) electrons. The van der Waals surface area contributed by atoms with Crippen molar-refractivity contribution in [1.29, 1.82) is 0 Å². The molecule has 3 rings (SSSR count). The average Bonchev–Trinajstić information content (AvgIpc) is 3.15. The fraction of sp³-hybridized carbons (Fsp3) is 0.389. The molecule has 0 saturated carbocycles. The van der Waals surface area contributed by atoms with E-state index in [9.17, 15) is 34.7 Å². The number of nitro benzene ring substituents is 1. The van der Waals surface area contributed by atoms with Crippen molar-refractivity contribution in [2.24, 2.45) is 11.8 Å². The lowest BCUT2D eigenvalue weighted by molar-refractivity contribution is -0.384. The molecule has 3 N–H and O–H groups in total. The number of allylic oxidation sites excluding steroid dienone is 1. The third-order valence-corrected chi connectivity index (χ3v) is 5.75. The number of aliphatic hydroxyl groups excluding tert-OH is 1. The van der Waals surface area contributed by atoms with E-state index in [4.69, 9.17) is 11.6 Å². The largest absolute Gasteiger partial charge is 0.480 e. The Labute approximate surface area is 169 Å². The Morgan fingerprint density at radius 2 is 2.10 bits per heavy atom. The van der Waals surface area contributed by atoms with Gasteiger partial charge in [0, 0.05) is 18.7 Å². The van der Waals surface area contributed by atoms with Gasteiger partial charge in [0.1, 0.15) is 5.02 Å². The summed E-state index contributed by atoms with van der Waals surface area (Å²) < 4.78 is 0. The number of imide groups is 1. The maximum Gasteiger partial charge on any atom is 0.327 e. The number of nitro groups is 1. The van der Waals surface area contributed by atoms with Gasteiger partial charge in [-0.05, 0) is 18.6 Å². The van der Waals surface area contributed by atoms with Crippen LogP contribution < -0.4 is 5.32 Å². The smallest absolute Gasteiger partial charge is 0.327 e. The molecule has 0 bridgehead atoms. The monoisotopic (exact) mass is 423 g/mol. The van der Waals surface area contributed by atoms with Gasteiger partial charge in [-0.15, -0.1) is 0 Å². The number of rotatable bonds is 6. The van der Waals surface area contributed by atoms with E-state index in [1.54, 1.807) is 19.1 Å². The standard InChI is InChI=1S/C18H18ClN3O7/c1-2-3-6-21-15(24)12-13(16(21)25)18(8-23,17(26)27)20-14(12)9-4-5-10(19)11(7-9)22(28)29/h2-5,7,12-14,20,23H,6,8H2,1H3,(H,26,27). The van der Waals surface area contributed by atoms with Crippen molar-refractivity contribution in [3.05, 3.63) is 51.1 Å². The van der Waals surface area contributed by atoms with Gasteiger partial charge in [-0.3, -0.25) is 34.7 Å². The maximum atomic E-state index is 13.0. The van der Waals surface area contributed by atoms with Gasteiger partial charge in [0.25, 0.3) is 5.69 Å². The van der Waals surface area contributed by atoms with Gasteiger partial charge < -0.3 is 10.2 Å². The average molecular weight is 424 g/mol. The van der Waals surface area contributed by atoms with Crippen LogP contribution in [0, 0.1) is 22.0 Å². The van der Waals surface area contributed by atoms with Gasteiger partial charge in [0.05, 0.1) is 23.4 Å². The number of nitrogens with zero attached hydrogens (tertiary/aromatic N) is 2. The molecule has 0 aliphatic carbocycles. The van der Waals surface area contributed by atoms with Crippen molar-refractivity contribution in [2.45, 2.75) is 18.5 Å². The van der Waals surface area contributed by atoms with Gasteiger partial charge >= 0.3 is 5.97 Å². The second kappa shape index (κ2) is 7.54. The number of amides is 2. The van der Waals surface area contributed by atoms with Gasteiger partial charge in [0.2, 0.25) is 11.8 Å². The summed E-state index contributed by atoms with van der Waals surface area (Å²) in [5.41, 5.74) is -2.29. The van der Waals surface area contributed by atoms with Crippen molar-refractivity contribution in [1.82, 2.24) is 10.2 Å². The number of hydrogen-bond acceptors (Lipinski definition) is 7. The molecular formula is C18H18ClN3O7. The molecule has 0 spiro atoms. The second-order valence-corrected chi connectivity index (χ2v) is 7.29. The summed E-state index contributed by atoms with van der Waals surface area (Å²) in [5, 5.41) is 33.5. The molecule has 2 fully saturated rings. The van der Waals surface area contributed by atoms with Crippen molar-refractivity contribution >= 4 is 35.1 Å². The molecule has 4 atom stereocenters. The fourth-order valence-corrected chi connectivity index (χ4v) is 4.20. The minimum atomic E-state index is -2.10. The SMILES string of the molecule is CC=CCN1C(=O)C2C(c3ccc(Cl)c([N+](=O)[O-])c3)NC(CO)(C(=O)O)C2C1=O. The van der Waals surface area contributed by atoms with Crippen LogP contribution in [0.5, 0.6) is 0 Å². The number of carbonyl (C=O) groups excluding carboxylic acids is 2. The van der Waals surface area contributed by atoms with E-state index < -0.39 is 58.4 Å². The van der Waals surface area contributed by atoms with Crippen LogP contribution in [-0.2, 0) is 14.4 Å². The maximum absolute atomic E-state index is 13.0. The van der Waals surface area contributed by atoms with E-state index in [1.165, 1.54) is 12.1 Å². The normalized spacial score (nSPS) is 28.9. The Bertz CT molecular complexity index is 934. The molecule has 11 heteroatoms. The zero-order valence-electron chi connectivity index (χ0n) is 15.2. The Morgan fingerprint density at radius 1 is 1.41 bits per heavy atom. The van der Waals surface area contributed by atoms with Crippen molar-refractivity contribution < 1.29 is 29.5 Å². The first-order chi connectivity index (χ1) is 13.7. The molecule has 29 heavy (non-hydrogen) atoms. The minimum absolute atomic E-state index is 0.0320. The zero-order valence-corrected chi connectivity index (χ0v) is 16.0. The summed E-state index contributed by atoms with van der Waals surface area (Å²) >= 11 is 5.84. The number of nitrogens with one attached hydrogen (secondary N) is 1. The van der Waals surface area contributed by atoms with Gasteiger partial charge in [-0.25, -0.2) is 0 Å². The number of likely N-dealkylation sites (tertiary alicyclic amines) is 1. The highest BCUT2D eigenvalue weighted by molar-refractivity contribution is 6.32. The Kier molecular flexibility index (Phi) is 5.44. The van der Waals surface area contributed by atoms with Crippen LogP contribution in [0.2, 0.25) is 5.02 Å². The predicted octanol–water partition coefficient (Wildman–Crippen LogP) is 0.886. The highest BCUT2D eigenvalue weighted by Crippen LogP contribution is 2.49. The molecule has 0 aromatic heterocycles. The Morgan fingerprint density at radius 3 is 2.66 bits per heavy atom. The van der Waals surface area contributed by atoms with Crippen LogP contribution in [0.4, 0.5) is 5.69 Å². The first-order valence-electron chi connectivity index (χ1n) is 8.71. The number of hydrogen-bond donors (Lipinski definition) is 3. The Hall–Kier alpha value is -2.82. The van der Waals surface area contributed by atoms with Gasteiger partial charge in [0.15, 0.2) is 5.54 Å². The third kappa shape index (κ3) is 3.09. The highest BCUT2D eigenvalue weighted by atomic mass is 35.5. The van der Waals surface area contributed by atoms with Crippen LogP contribution in [0.15, 0.2) is 30.4 Å². The van der Waals surface area contributed by atoms with E-state index in [1.807, 2.05) is 0 Å². The second-order valence-electron chi connectivity index (χ2n) is 6.88. The lowest BCUT2D eigenvalue weighted by Crippen LogP contribution is -2.58. The molecule has 2 heterocycles. The van der Waals surface area contributed by atoms with E-state index in [0.29, 0.717) is 0 Å². The quantitative estimate of drug-likeness (QED) is 0.264. The summed E-state index contributed by atoms with van der Waals surface area (Å²) in [5.74, 6) is -5.31. The van der Waals surface area contributed by atoms with Crippen molar-refractivity contribution in [2.75, 3.05) is 13.2 Å². The van der Waals surface area contributed by atoms with E-state index >= 15 is 0 Å². The molecular weight excluding hydrogens is 406 g/mol. The first kappa shape index (κ1) is 20.9. The lowest BCUT2D eigenvalue weighted by atomic mass is 9.79. The van der Waals surface area contributed by atoms with E-state index in [0.717, 1.165) is 11.0 Å². The number of carboxylic acids is 1. The molecule has 10 nitrogen and oxygen atoms in total. The van der Waals surface area contributed by atoms with Crippen LogP contribution >= 0.6 is 11.6 Å². The molecule has 1 aromatic rings. The number of benzene rings is 1. The summed E-state index contributed by atoms with van der Waals surface area (Å²) in [6.45, 7) is 0.736. The number of aliphatic hydroxyl groups is 1. The Balaban J connectivity index is 2.14. The zero-order chi connectivity index (χ0) is 21.5. The van der Waals surface area contributed by atoms with Crippen LogP contribution in [0.3, 0.4) is 0 Å². The number of halogens is 1. The topological polar surface area (TPSA) is 150 Å². The summed E-state index contributed by atoms with van der Waals surface area (Å²) in [6, 6.07) is 2.79. The van der Waals surface area contributed by atoms with Gasteiger partial charge in [-0.2, -0.15) is 0 Å². The molecule has 154 valence electrons. The first-order valence-corrected chi connectivity index (χ1v) is 9.09. The van der Waals surface area contributed by atoms with Crippen LogP contribution in [0.1, 0.15) is 18.5 Å².